The van der Waals surface area contributed by atoms with Crippen LogP contribution in [-0.2, 0) is 0 Å². The van der Waals surface area contributed by atoms with Crippen LogP contribution in [0, 0.1) is 6.92 Å². The molecule has 1 heteroatoms. The van der Waals surface area contributed by atoms with Crippen molar-refractivity contribution in [1.82, 2.24) is 0 Å². The second-order valence-corrected chi connectivity index (χ2v) is 10.4. The van der Waals surface area contributed by atoms with Gasteiger partial charge in [-0.05, 0) is 99.3 Å². The molecular formula is C39H29N. The zero-order valence-corrected chi connectivity index (χ0v) is 22.5. The molecule has 7 rings (SSSR count). The van der Waals surface area contributed by atoms with Gasteiger partial charge in [0.05, 0.1) is 0 Å². The lowest BCUT2D eigenvalue weighted by Gasteiger charge is -2.26. The van der Waals surface area contributed by atoms with Crippen LogP contribution in [-0.4, -0.2) is 0 Å². The average molecular weight is 512 g/mol. The van der Waals surface area contributed by atoms with Gasteiger partial charge in [-0.2, -0.15) is 0 Å². The fourth-order valence-corrected chi connectivity index (χ4v) is 5.48. The van der Waals surface area contributed by atoms with Crippen molar-refractivity contribution in [2.24, 2.45) is 0 Å². The molecule has 0 radical (unpaired) electrons. The third-order valence-electron chi connectivity index (χ3n) is 7.71. The highest BCUT2D eigenvalue weighted by molar-refractivity contribution is 5.89. The van der Waals surface area contributed by atoms with Gasteiger partial charge in [0.25, 0.3) is 0 Å². The minimum Gasteiger partial charge on any atom is -0.311 e. The summed E-state index contributed by atoms with van der Waals surface area (Å²) in [5, 5.41) is 5.05. The predicted molar refractivity (Wildman–Crippen MR) is 172 cm³/mol. The van der Waals surface area contributed by atoms with Crippen LogP contribution in [0.25, 0.3) is 43.8 Å². The van der Waals surface area contributed by atoms with Gasteiger partial charge in [-0.3, -0.25) is 0 Å². The molecule has 1 nitrogen and oxygen atoms in total. The summed E-state index contributed by atoms with van der Waals surface area (Å²) in [5.74, 6) is 0. The van der Waals surface area contributed by atoms with E-state index in [0.29, 0.717) is 0 Å². The lowest BCUT2D eigenvalue weighted by molar-refractivity contribution is 1.28. The Morgan fingerprint density at radius 1 is 0.325 bits per heavy atom. The molecule has 0 bridgehead atoms. The molecule has 40 heavy (non-hydrogen) atoms. The van der Waals surface area contributed by atoms with E-state index >= 15 is 0 Å². The first-order valence-corrected chi connectivity index (χ1v) is 13.8. The van der Waals surface area contributed by atoms with Gasteiger partial charge in [-0.15, -0.1) is 0 Å². The van der Waals surface area contributed by atoms with Crippen LogP contribution in [0.3, 0.4) is 0 Å². The van der Waals surface area contributed by atoms with Crippen LogP contribution in [0.1, 0.15) is 5.56 Å². The van der Waals surface area contributed by atoms with E-state index in [9.17, 15) is 0 Å². The zero-order valence-electron chi connectivity index (χ0n) is 22.5. The first kappa shape index (κ1) is 23.9. The second-order valence-electron chi connectivity index (χ2n) is 10.4. The van der Waals surface area contributed by atoms with Gasteiger partial charge in [0.2, 0.25) is 0 Å². The van der Waals surface area contributed by atoms with Crippen LogP contribution in [0.5, 0.6) is 0 Å². The van der Waals surface area contributed by atoms with Crippen LogP contribution in [0.4, 0.5) is 17.1 Å². The number of anilines is 3. The summed E-state index contributed by atoms with van der Waals surface area (Å²) in [5.41, 5.74) is 9.54. The molecule has 0 aromatic heterocycles. The Kier molecular flexibility index (Phi) is 6.11. The van der Waals surface area contributed by atoms with E-state index in [2.05, 4.69) is 170 Å². The van der Waals surface area contributed by atoms with Gasteiger partial charge < -0.3 is 4.90 Å². The van der Waals surface area contributed by atoms with E-state index in [1.54, 1.807) is 0 Å². The first-order chi connectivity index (χ1) is 19.7. The SMILES string of the molecule is Cc1ccc(N(c2ccc(-c3ccc4ccccc4c3)cc2)c2ccc(-c3ccc4ccccc4c3)cc2)cc1. The standard InChI is InChI=1S/C39H29N/c1-28-10-20-37(21-11-28)40(38-22-16-31(17-23-38)35-14-12-29-6-2-4-8-33(29)26-35)39-24-18-32(19-25-39)36-15-13-30-7-3-5-9-34(30)27-36/h2-27H,1H3. The summed E-state index contributed by atoms with van der Waals surface area (Å²) in [7, 11) is 0. The van der Waals surface area contributed by atoms with E-state index in [1.807, 2.05) is 0 Å². The molecule has 7 aromatic rings. The molecule has 7 aromatic carbocycles. The largest absolute Gasteiger partial charge is 0.311 e. The molecule has 0 saturated heterocycles. The summed E-state index contributed by atoms with van der Waals surface area (Å²) < 4.78 is 0. The Hall–Kier alpha value is -5.14. The van der Waals surface area contributed by atoms with Crippen LogP contribution < -0.4 is 4.90 Å². The molecule has 190 valence electrons. The summed E-state index contributed by atoms with van der Waals surface area (Å²) in [6.45, 7) is 2.13. The molecule has 0 heterocycles. The Balaban J connectivity index is 1.24. The summed E-state index contributed by atoms with van der Waals surface area (Å²) in [6, 6.07) is 57.0. The second kappa shape index (κ2) is 10.2. The van der Waals surface area contributed by atoms with E-state index in [0.717, 1.165) is 17.1 Å². The van der Waals surface area contributed by atoms with Gasteiger partial charge in [0, 0.05) is 17.1 Å². The molecular weight excluding hydrogens is 482 g/mol. The first-order valence-electron chi connectivity index (χ1n) is 13.8. The van der Waals surface area contributed by atoms with Crippen molar-refractivity contribution in [3.8, 4) is 22.3 Å². The fraction of sp³-hybridized carbons (Fsp3) is 0.0256. The van der Waals surface area contributed by atoms with Crippen LogP contribution >= 0.6 is 0 Å². The van der Waals surface area contributed by atoms with E-state index < -0.39 is 0 Å². The Labute approximate surface area is 235 Å². The minimum atomic E-state index is 1.13. The van der Waals surface area contributed by atoms with E-state index in [1.165, 1.54) is 49.4 Å². The highest BCUT2D eigenvalue weighted by atomic mass is 15.1. The van der Waals surface area contributed by atoms with Crippen molar-refractivity contribution in [3.05, 3.63) is 163 Å². The van der Waals surface area contributed by atoms with Gasteiger partial charge in [-0.25, -0.2) is 0 Å². The van der Waals surface area contributed by atoms with Crippen molar-refractivity contribution in [3.63, 3.8) is 0 Å². The Bertz CT molecular complexity index is 1810. The number of nitrogens with zero attached hydrogens (tertiary/aromatic N) is 1. The average Bonchev–Trinajstić information content (AvgIpc) is 3.02. The van der Waals surface area contributed by atoms with E-state index in [-0.39, 0.29) is 0 Å². The maximum absolute atomic E-state index is 2.33. The topological polar surface area (TPSA) is 3.24 Å². The fourth-order valence-electron chi connectivity index (χ4n) is 5.48. The monoisotopic (exact) mass is 511 g/mol. The zero-order chi connectivity index (χ0) is 26.9. The van der Waals surface area contributed by atoms with Crippen molar-refractivity contribution >= 4 is 38.6 Å². The van der Waals surface area contributed by atoms with Crippen molar-refractivity contribution in [2.75, 3.05) is 4.90 Å². The molecule has 0 N–H and O–H groups in total. The highest BCUT2D eigenvalue weighted by Gasteiger charge is 2.13. The third-order valence-corrected chi connectivity index (χ3v) is 7.71. The molecule has 0 spiro atoms. The van der Waals surface area contributed by atoms with Crippen molar-refractivity contribution < 1.29 is 0 Å². The highest BCUT2D eigenvalue weighted by Crippen LogP contribution is 2.37. The van der Waals surface area contributed by atoms with E-state index in [4.69, 9.17) is 0 Å². The van der Waals surface area contributed by atoms with Crippen LogP contribution in [0.15, 0.2) is 158 Å². The molecule has 0 aliphatic carbocycles. The minimum absolute atomic E-state index is 1.13. The number of hydrogen-bond acceptors (Lipinski definition) is 1. The molecule has 0 amide bonds. The summed E-state index contributed by atoms with van der Waals surface area (Å²) >= 11 is 0. The normalized spacial score (nSPS) is 11.1. The number of hydrogen-bond donors (Lipinski definition) is 0. The Morgan fingerprint density at radius 3 is 1.10 bits per heavy atom. The smallest absolute Gasteiger partial charge is 0.0462 e. The lowest BCUT2D eigenvalue weighted by atomic mass is 10.00. The predicted octanol–water partition coefficient (Wildman–Crippen LogP) is 11.1. The quantitative estimate of drug-likeness (QED) is 0.222. The maximum atomic E-state index is 2.33. The lowest BCUT2D eigenvalue weighted by Crippen LogP contribution is -2.09. The van der Waals surface area contributed by atoms with Gasteiger partial charge in [0.15, 0.2) is 0 Å². The number of fused-ring (bicyclic) bond motifs is 2. The van der Waals surface area contributed by atoms with Gasteiger partial charge in [-0.1, -0.05) is 115 Å². The third kappa shape index (κ3) is 4.63. The van der Waals surface area contributed by atoms with Gasteiger partial charge >= 0.3 is 0 Å². The molecule has 0 aliphatic rings. The molecule has 0 unspecified atom stereocenters. The number of aryl methyl sites for hydroxylation is 1. The molecule has 0 aliphatic heterocycles. The number of benzene rings is 7. The van der Waals surface area contributed by atoms with Crippen molar-refractivity contribution in [2.45, 2.75) is 6.92 Å². The van der Waals surface area contributed by atoms with Crippen LogP contribution in [0.2, 0.25) is 0 Å². The molecule has 0 fully saturated rings. The molecule has 0 atom stereocenters. The summed E-state index contributed by atoms with van der Waals surface area (Å²) in [6.07, 6.45) is 0. The van der Waals surface area contributed by atoms with Gasteiger partial charge in [0.1, 0.15) is 0 Å². The Morgan fingerprint density at radius 2 is 0.675 bits per heavy atom. The van der Waals surface area contributed by atoms with Crippen molar-refractivity contribution in [1.29, 1.82) is 0 Å². The number of rotatable bonds is 5. The summed E-state index contributed by atoms with van der Waals surface area (Å²) in [4.78, 5) is 2.33. The maximum Gasteiger partial charge on any atom is 0.0462 e. The molecule has 0 saturated carbocycles.